The normalized spacial score (nSPS) is 12.0. The molecule has 0 saturated heterocycles. The SMILES string of the molecule is COc1c(-c2ccc3cc(NS(C)(=O)=O)ccc3n2)cc(-n2ccc(=O)[nH]c2=O)cc1C(C)(C)C. The Morgan fingerprint density at radius 2 is 1.77 bits per heavy atom. The number of anilines is 1. The summed E-state index contributed by atoms with van der Waals surface area (Å²) in [6.07, 6.45) is 2.53. The molecular weight excluding hydrogens is 468 g/mol. The molecule has 0 atom stereocenters. The van der Waals surface area contributed by atoms with Gasteiger partial charge in [-0.1, -0.05) is 26.8 Å². The van der Waals surface area contributed by atoms with Gasteiger partial charge in [0.1, 0.15) is 5.75 Å². The summed E-state index contributed by atoms with van der Waals surface area (Å²) in [5.41, 5.74) is 2.46. The van der Waals surface area contributed by atoms with Crippen LogP contribution in [0.2, 0.25) is 0 Å². The van der Waals surface area contributed by atoms with Gasteiger partial charge in [-0.15, -0.1) is 0 Å². The molecule has 0 aliphatic heterocycles. The zero-order valence-corrected chi connectivity index (χ0v) is 20.9. The van der Waals surface area contributed by atoms with Crippen LogP contribution in [0.25, 0.3) is 27.8 Å². The average molecular weight is 495 g/mol. The van der Waals surface area contributed by atoms with Crippen molar-refractivity contribution in [2.24, 2.45) is 0 Å². The largest absolute Gasteiger partial charge is 0.496 e. The Morgan fingerprint density at radius 3 is 2.40 bits per heavy atom. The first-order valence-corrected chi connectivity index (χ1v) is 12.7. The van der Waals surface area contributed by atoms with Crippen LogP contribution in [0.15, 0.2) is 64.3 Å². The molecule has 2 aromatic carbocycles. The molecule has 2 aromatic heterocycles. The van der Waals surface area contributed by atoms with E-state index in [-0.39, 0.29) is 5.41 Å². The van der Waals surface area contributed by atoms with E-state index in [0.29, 0.717) is 33.9 Å². The minimum atomic E-state index is -3.40. The molecule has 0 unspecified atom stereocenters. The second-order valence-electron chi connectivity index (χ2n) is 9.28. The van der Waals surface area contributed by atoms with E-state index in [1.807, 2.05) is 39.0 Å². The number of hydrogen-bond acceptors (Lipinski definition) is 6. The Hall–Kier alpha value is -3.92. The van der Waals surface area contributed by atoms with Gasteiger partial charge < -0.3 is 4.74 Å². The first-order valence-electron chi connectivity index (χ1n) is 10.8. The molecule has 0 spiro atoms. The van der Waals surface area contributed by atoms with E-state index in [1.165, 1.54) is 16.8 Å². The summed E-state index contributed by atoms with van der Waals surface area (Å²) < 4.78 is 32.8. The molecule has 2 heterocycles. The predicted octanol–water partition coefficient (Wildman–Crippen LogP) is 3.42. The number of aromatic amines is 1. The minimum Gasteiger partial charge on any atom is -0.496 e. The first kappa shape index (κ1) is 24.2. The number of ether oxygens (including phenoxy) is 1. The second-order valence-corrected chi connectivity index (χ2v) is 11.0. The van der Waals surface area contributed by atoms with Crippen LogP contribution in [0.5, 0.6) is 5.75 Å². The van der Waals surface area contributed by atoms with Gasteiger partial charge >= 0.3 is 5.69 Å². The van der Waals surface area contributed by atoms with Crippen molar-refractivity contribution in [2.45, 2.75) is 26.2 Å². The number of H-pyrrole nitrogens is 1. The number of benzene rings is 2. The predicted molar refractivity (Wildman–Crippen MR) is 137 cm³/mol. The van der Waals surface area contributed by atoms with Crippen molar-refractivity contribution in [1.29, 1.82) is 0 Å². The van der Waals surface area contributed by atoms with Gasteiger partial charge in [-0.2, -0.15) is 0 Å². The van der Waals surface area contributed by atoms with Crippen LogP contribution in [0.3, 0.4) is 0 Å². The Labute approximate surface area is 202 Å². The smallest absolute Gasteiger partial charge is 0.332 e. The van der Waals surface area contributed by atoms with Crippen molar-refractivity contribution >= 4 is 26.6 Å². The molecule has 2 N–H and O–H groups in total. The summed E-state index contributed by atoms with van der Waals surface area (Å²) in [6, 6.07) is 13.7. The molecule has 0 saturated carbocycles. The second kappa shape index (κ2) is 8.70. The Bertz CT molecular complexity index is 1660. The van der Waals surface area contributed by atoms with Crippen LogP contribution in [0, 0.1) is 0 Å². The van der Waals surface area contributed by atoms with Gasteiger partial charge in [0.25, 0.3) is 5.56 Å². The summed E-state index contributed by atoms with van der Waals surface area (Å²) in [5.74, 6) is 0.626. The lowest BCUT2D eigenvalue weighted by atomic mass is 9.84. The van der Waals surface area contributed by atoms with Crippen molar-refractivity contribution in [3.8, 4) is 22.7 Å². The summed E-state index contributed by atoms with van der Waals surface area (Å²) in [6.45, 7) is 6.12. The zero-order valence-electron chi connectivity index (χ0n) is 20.0. The maximum absolute atomic E-state index is 12.5. The Balaban J connectivity index is 1.94. The fraction of sp³-hybridized carbons (Fsp3) is 0.240. The van der Waals surface area contributed by atoms with Crippen molar-refractivity contribution in [1.82, 2.24) is 14.5 Å². The van der Waals surface area contributed by atoms with Gasteiger partial charge in [-0.3, -0.25) is 19.1 Å². The minimum absolute atomic E-state index is 0.328. The van der Waals surface area contributed by atoms with Crippen LogP contribution >= 0.6 is 0 Å². The third-order valence-corrected chi connectivity index (χ3v) is 6.06. The molecular formula is C25H26N4O5S. The quantitative estimate of drug-likeness (QED) is 0.438. The number of pyridine rings is 1. The number of hydrogen-bond donors (Lipinski definition) is 2. The highest BCUT2D eigenvalue weighted by Gasteiger charge is 2.24. The number of sulfonamides is 1. The fourth-order valence-corrected chi connectivity index (χ4v) is 4.45. The molecule has 4 rings (SSSR count). The topological polar surface area (TPSA) is 123 Å². The lowest BCUT2D eigenvalue weighted by molar-refractivity contribution is 0.399. The molecule has 35 heavy (non-hydrogen) atoms. The van der Waals surface area contributed by atoms with Gasteiger partial charge in [0.2, 0.25) is 10.0 Å². The van der Waals surface area contributed by atoms with Gasteiger partial charge in [-0.05, 0) is 41.8 Å². The van der Waals surface area contributed by atoms with E-state index in [9.17, 15) is 18.0 Å². The van der Waals surface area contributed by atoms with Gasteiger partial charge in [0.05, 0.1) is 30.3 Å². The van der Waals surface area contributed by atoms with Crippen LogP contribution in [-0.2, 0) is 15.4 Å². The monoisotopic (exact) mass is 494 g/mol. The average Bonchev–Trinajstić information content (AvgIpc) is 2.76. The number of methoxy groups -OCH3 is 1. The highest BCUT2D eigenvalue weighted by atomic mass is 32.2. The van der Waals surface area contributed by atoms with Gasteiger partial charge in [-0.25, -0.2) is 18.2 Å². The van der Waals surface area contributed by atoms with E-state index in [4.69, 9.17) is 9.72 Å². The number of rotatable bonds is 5. The number of nitrogens with one attached hydrogen (secondary N) is 2. The molecule has 182 valence electrons. The lowest BCUT2D eigenvalue weighted by Crippen LogP contribution is -2.27. The summed E-state index contributed by atoms with van der Waals surface area (Å²) in [4.78, 5) is 31.2. The lowest BCUT2D eigenvalue weighted by Gasteiger charge is -2.25. The third-order valence-electron chi connectivity index (χ3n) is 5.46. The summed E-state index contributed by atoms with van der Waals surface area (Å²) in [5, 5.41) is 0.755. The maximum Gasteiger partial charge on any atom is 0.332 e. The molecule has 4 aromatic rings. The molecule has 0 radical (unpaired) electrons. The van der Waals surface area contributed by atoms with E-state index in [2.05, 4.69) is 9.71 Å². The standard InChI is InChI=1S/C25H26N4O5S/c1-25(2,3)19-14-17(29-11-10-22(30)27-24(29)31)13-18(23(19)34-4)21-8-6-15-12-16(28-35(5,32)33)7-9-20(15)26-21/h6-14,28H,1-5H3,(H,27,30,31). The van der Waals surface area contributed by atoms with E-state index in [1.54, 1.807) is 31.4 Å². The molecule has 0 bridgehead atoms. The van der Waals surface area contributed by atoms with Crippen LogP contribution < -0.4 is 20.7 Å². The molecule has 0 aliphatic rings. The molecule has 10 heteroatoms. The molecule has 0 amide bonds. The van der Waals surface area contributed by atoms with Crippen molar-refractivity contribution < 1.29 is 13.2 Å². The highest BCUT2D eigenvalue weighted by molar-refractivity contribution is 7.92. The van der Waals surface area contributed by atoms with E-state index in [0.717, 1.165) is 17.2 Å². The maximum atomic E-state index is 12.5. The number of aromatic nitrogens is 3. The fourth-order valence-electron chi connectivity index (χ4n) is 3.89. The molecule has 0 aliphatic carbocycles. The third kappa shape index (κ3) is 5.12. The van der Waals surface area contributed by atoms with Crippen LogP contribution in [0.1, 0.15) is 26.3 Å². The van der Waals surface area contributed by atoms with Gasteiger partial charge in [0.15, 0.2) is 0 Å². The number of fused-ring (bicyclic) bond motifs is 1. The first-order chi connectivity index (χ1) is 16.4. The van der Waals surface area contributed by atoms with Crippen LogP contribution in [0.4, 0.5) is 5.69 Å². The Morgan fingerprint density at radius 1 is 1.03 bits per heavy atom. The summed E-state index contributed by atoms with van der Waals surface area (Å²) >= 11 is 0. The number of nitrogens with zero attached hydrogens (tertiary/aromatic N) is 2. The van der Waals surface area contributed by atoms with Crippen molar-refractivity contribution in [2.75, 3.05) is 18.1 Å². The van der Waals surface area contributed by atoms with Crippen LogP contribution in [-0.4, -0.2) is 36.3 Å². The van der Waals surface area contributed by atoms with E-state index < -0.39 is 21.3 Å². The molecule has 0 fully saturated rings. The zero-order chi connectivity index (χ0) is 25.5. The molecule has 9 nitrogen and oxygen atoms in total. The van der Waals surface area contributed by atoms with Crippen molar-refractivity contribution in [3.05, 3.63) is 81.1 Å². The highest BCUT2D eigenvalue weighted by Crippen LogP contribution is 2.41. The summed E-state index contributed by atoms with van der Waals surface area (Å²) in [7, 11) is -1.81. The van der Waals surface area contributed by atoms with Crippen molar-refractivity contribution in [3.63, 3.8) is 0 Å². The van der Waals surface area contributed by atoms with E-state index >= 15 is 0 Å². The Kier molecular flexibility index (Phi) is 6.02. The van der Waals surface area contributed by atoms with Gasteiger partial charge in [0, 0.05) is 34.5 Å².